The van der Waals surface area contributed by atoms with Gasteiger partial charge in [-0.3, -0.25) is 43.4 Å². The van der Waals surface area contributed by atoms with Gasteiger partial charge in [0.1, 0.15) is 6.04 Å². The Morgan fingerprint density at radius 3 is 2.23 bits per heavy atom. The number of amides is 7. The van der Waals surface area contributed by atoms with E-state index in [1.807, 2.05) is 44.4 Å². The number of fused-ring (bicyclic) bond motifs is 2. The maximum atomic E-state index is 14.9. The van der Waals surface area contributed by atoms with Crippen molar-refractivity contribution in [1.82, 2.24) is 30.2 Å². The smallest absolute Gasteiger partial charge is 0.253 e. The van der Waals surface area contributed by atoms with Gasteiger partial charge >= 0.3 is 0 Å². The number of carbonyl (C=O) groups excluding carboxylic acids is 7. The third kappa shape index (κ3) is 11.5. The first kappa shape index (κ1) is 52.3. The predicted molar refractivity (Wildman–Crippen MR) is 247 cm³/mol. The van der Waals surface area contributed by atoms with Crippen molar-refractivity contribution < 1.29 is 47.8 Å². The second-order valence-corrected chi connectivity index (χ2v) is 19.2. The fraction of sp³-hybridized carbons (Fsp3) is 0.694. The van der Waals surface area contributed by atoms with E-state index in [1.54, 1.807) is 23.8 Å². The van der Waals surface area contributed by atoms with Gasteiger partial charge in [0.2, 0.25) is 29.5 Å². The van der Waals surface area contributed by atoms with Crippen molar-refractivity contribution in [3.63, 3.8) is 0 Å². The van der Waals surface area contributed by atoms with E-state index in [-0.39, 0.29) is 74.6 Å². The second-order valence-electron chi connectivity index (χ2n) is 19.2. The molecule has 0 spiro atoms. The summed E-state index contributed by atoms with van der Waals surface area (Å²) in [7, 11) is 6.85. The Balaban J connectivity index is 1.24. The monoisotopic (exact) mass is 922 g/mol. The summed E-state index contributed by atoms with van der Waals surface area (Å²) in [6, 6.07) is 7.14. The molecule has 5 rings (SSSR count). The van der Waals surface area contributed by atoms with Crippen LogP contribution in [0.4, 0.5) is 0 Å². The number of hydrogen-bond acceptors (Lipinski definition) is 11. The number of benzene rings is 1. The summed E-state index contributed by atoms with van der Waals surface area (Å²) >= 11 is 0. The first-order chi connectivity index (χ1) is 31.4. The largest absolute Gasteiger partial charge is 0.379 e. The molecule has 3 unspecified atom stereocenters. The molecule has 4 aliphatic rings. The Morgan fingerprint density at radius 1 is 0.955 bits per heavy atom. The molecule has 17 heteroatoms. The van der Waals surface area contributed by atoms with Crippen molar-refractivity contribution in [3.05, 3.63) is 48.0 Å². The number of imide groups is 1. The van der Waals surface area contributed by atoms with Crippen LogP contribution >= 0.6 is 0 Å². The zero-order chi connectivity index (χ0) is 48.5. The minimum absolute atomic E-state index is 0.00853. The molecule has 4 N–H and O–H groups in total. The number of piperidine rings is 1. The number of hydrogen-bond donors (Lipinski definition) is 3. The summed E-state index contributed by atoms with van der Waals surface area (Å²) in [5.41, 5.74) is 6.23. The van der Waals surface area contributed by atoms with Crippen LogP contribution in [0.5, 0.6) is 0 Å². The van der Waals surface area contributed by atoms with Crippen LogP contribution in [-0.2, 0) is 54.2 Å². The highest BCUT2D eigenvalue weighted by molar-refractivity contribution is 6.12. The standard InChI is InChI=1S/C49H75N7O10/c1-10-31(4)42(53(6)48(63)41(30(2)3)49-21-20-34(29-49)43(45(50)60)54(49)7)37(64-8)28-40(59)55-23-14-17-36(55)44(65-9)32(5)46(61)52-35(27-33-15-12-11-13-16-33)47(62)51-22-25-66-26-24-56-38(57)18-19-39(56)58/h11-13,15-16,18-19,30-32,34-37,41-44H,10,14,17,20-29H2,1-9H3,(H2,50,60)(H,51,62)(H,52,61)/t31-,32+,34?,35-,36-,37+,41+,42-,43?,44+,49?/m0/s1. The Morgan fingerprint density at radius 2 is 1.64 bits per heavy atom. The van der Waals surface area contributed by atoms with E-state index in [1.165, 1.54) is 19.3 Å². The molecule has 11 atom stereocenters. The third-order valence-corrected chi connectivity index (χ3v) is 15.0. The van der Waals surface area contributed by atoms with Crippen LogP contribution in [0.3, 0.4) is 0 Å². The minimum Gasteiger partial charge on any atom is -0.379 e. The fourth-order valence-electron chi connectivity index (χ4n) is 11.5. The molecule has 2 bridgehead atoms. The van der Waals surface area contributed by atoms with Gasteiger partial charge in [-0.2, -0.15) is 0 Å². The highest BCUT2D eigenvalue weighted by atomic mass is 16.5. The second kappa shape index (κ2) is 23.3. The summed E-state index contributed by atoms with van der Waals surface area (Å²) in [5.74, 6) is -3.24. The van der Waals surface area contributed by atoms with Gasteiger partial charge in [-0.1, -0.05) is 71.4 Å². The highest BCUT2D eigenvalue weighted by Crippen LogP contribution is 2.55. The Hall–Kier alpha value is -4.71. The molecular formula is C49H75N7O10. The van der Waals surface area contributed by atoms with E-state index in [0.717, 1.165) is 36.1 Å². The summed E-state index contributed by atoms with van der Waals surface area (Å²) in [6.45, 7) is 10.9. The van der Waals surface area contributed by atoms with Gasteiger partial charge in [-0.15, -0.1) is 0 Å². The summed E-state index contributed by atoms with van der Waals surface area (Å²) in [5, 5.41) is 5.79. The molecule has 1 aliphatic carbocycles. The van der Waals surface area contributed by atoms with E-state index in [4.69, 9.17) is 19.9 Å². The first-order valence-corrected chi connectivity index (χ1v) is 23.8. The van der Waals surface area contributed by atoms with E-state index in [9.17, 15) is 33.6 Å². The molecule has 1 aromatic carbocycles. The molecular weight excluding hydrogens is 847 g/mol. The highest BCUT2D eigenvalue weighted by Gasteiger charge is 2.62. The molecule has 17 nitrogen and oxygen atoms in total. The van der Waals surface area contributed by atoms with E-state index in [2.05, 4.69) is 43.2 Å². The number of methoxy groups -OCH3 is 2. The van der Waals surface area contributed by atoms with Crippen LogP contribution in [0.15, 0.2) is 42.5 Å². The van der Waals surface area contributed by atoms with Gasteiger partial charge in [-0.05, 0) is 62.5 Å². The van der Waals surface area contributed by atoms with E-state index >= 15 is 0 Å². The summed E-state index contributed by atoms with van der Waals surface area (Å²) in [6.07, 6.45) is 5.76. The number of likely N-dealkylation sites (tertiary alicyclic amines) is 2. The molecule has 3 heterocycles. The maximum absolute atomic E-state index is 14.9. The van der Waals surface area contributed by atoms with Crippen molar-refractivity contribution >= 4 is 41.4 Å². The fourth-order valence-corrected chi connectivity index (χ4v) is 11.5. The number of primary amides is 1. The number of nitrogens with zero attached hydrogens (tertiary/aromatic N) is 4. The zero-order valence-electron chi connectivity index (χ0n) is 40.5. The van der Waals surface area contributed by atoms with E-state index in [0.29, 0.717) is 19.4 Å². The lowest BCUT2D eigenvalue weighted by atomic mass is 9.74. The number of rotatable bonds is 25. The number of likely N-dealkylation sites (N-methyl/N-ethyl adjacent to an activating group) is 2. The van der Waals surface area contributed by atoms with Gasteiger partial charge in [0, 0.05) is 58.5 Å². The Kier molecular flexibility index (Phi) is 18.5. The lowest BCUT2D eigenvalue weighted by Crippen LogP contribution is -2.61. The number of nitrogens with one attached hydrogen (secondary N) is 2. The van der Waals surface area contributed by atoms with Gasteiger partial charge in [0.15, 0.2) is 0 Å². The molecule has 7 amide bonds. The minimum atomic E-state index is -0.935. The van der Waals surface area contributed by atoms with Crippen molar-refractivity contribution in [1.29, 1.82) is 0 Å². The van der Waals surface area contributed by atoms with Crippen molar-refractivity contribution in [2.24, 2.45) is 35.3 Å². The Labute approximate surface area is 390 Å². The van der Waals surface area contributed by atoms with Crippen LogP contribution in [0.2, 0.25) is 0 Å². The number of carbonyl (C=O) groups is 7. The predicted octanol–water partition coefficient (Wildman–Crippen LogP) is 2.30. The quantitative estimate of drug-likeness (QED) is 0.0958. The first-order valence-electron chi connectivity index (χ1n) is 23.8. The molecule has 366 valence electrons. The van der Waals surface area contributed by atoms with Crippen LogP contribution in [0.1, 0.15) is 85.1 Å². The van der Waals surface area contributed by atoms with Gasteiger partial charge in [0.05, 0.1) is 68.3 Å². The average molecular weight is 922 g/mol. The van der Waals surface area contributed by atoms with Crippen LogP contribution < -0.4 is 16.4 Å². The van der Waals surface area contributed by atoms with E-state index < -0.39 is 77.4 Å². The van der Waals surface area contributed by atoms with Crippen molar-refractivity contribution in [2.75, 3.05) is 61.2 Å². The number of nitrogens with two attached hydrogens (primary N) is 1. The summed E-state index contributed by atoms with van der Waals surface area (Å²) < 4.78 is 17.7. The summed E-state index contributed by atoms with van der Waals surface area (Å²) in [4.78, 5) is 100. The third-order valence-electron chi connectivity index (χ3n) is 15.0. The average Bonchev–Trinajstić information content (AvgIpc) is 4.08. The molecule has 2 saturated heterocycles. The van der Waals surface area contributed by atoms with Gasteiger partial charge < -0.3 is 40.4 Å². The normalized spacial score (nSPS) is 24.8. The van der Waals surface area contributed by atoms with Gasteiger partial charge in [-0.25, -0.2) is 0 Å². The SMILES string of the molecule is CC[C@H](C)[C@@H]([C@@H](CC(=O)N1CCC[C@H]1[C@H](OC)[C@@H](C)C(=O)N[C@@H](Cc1ccccc1)C(=O)NCCOCCN1C(=O)C=CC1=O)OC)N(C)C(=O)[C@@H](C(C)C)C12CCC(C1)C(C(N)=O)N2C. The molecule has 1 aromatic rings. The van der Waals surface area contributed by atoms with Crippen LogP contribution in [-0.4, -0.2) is 164 Å². The van der Waals surface area contributed by atoms with Crippen LogP contribution in [0, 0.1) is 29.6 Å². The lowest BCUT2D eigenvalue weighted by molar-refractivity contribution is -0.153. The molecule has 3 aliphatic heterocycles. The van der Waals surface area contributed by atoms with Crippen molar-refractivity contribution in [3.8, 4) is 0 Å². The van der Waals surface area contributed by atoms with Gasteiger partial charge in [0.25, 0.3) is 11.8 Å². The number of ether oxygens (including phenoxy) is 3. The molecule has 0 aromatic heterocycles. The molecule has 1 saturated carbocycles. The molecule has 3 fully saturated rings. The lowest BCUT2D eigenvalue weighted by Gasteiger charge is -2.48. The van der Waals surface area contributed by atoms with Crippen LogP contribution in [0.25, 0.3) is 0 Å². The molecule has 0 radical (unpaired) electrons. The molecule has 66 heavy (non-hydrogen) atoms. The topological polar surface area (TPSA) is 210 Å². The maximum Gasteiger partial charge on any atom is 0.253 e. The Bertz CT molecular complexity index is 1900. The zero-order valence-corrected chi connectivity index (χ0v) is 40.5. The van der Waals surface area contributed by atoms with Crippen molar-refractivity contribution in [2.45, 2.75) is 128 Å².